The van der Waals surface area contributed by atoms with Crippen molar-refractivity contribution in [3.63, 3.8) is 0 Å². The molecule has 0 saturated carbocycles. The number of urea groups is 1. The van der Waals surface area contributed by atoms with E-state index in [1.165, 1.54) is 35.1 Å². The fourth-order valence-electron chi connectivity index (χ4n) is 3.84. The van der Waals surface area contributed by atoms with Crippen molar-refractivity contribution in [2.75, 3.05) is 18.0 Å². The number of nitrogens with one attached hydrogen (secondary N) is 1. The van der Waals surface area contributed by atoms with E-state index >= 15 is 0 Å². The highest BCUT2D eigenvalue weighted by Gasteiger charge is 2.28. The van der Waals surface area contributed by atoms with Crippen LogP contribution in [-0.4, -0.2) is 35.1 Å². The molecule has 0 radical (unpaired) electrons. The average molecular weight is 331 g/mol. The molecule has 1 fully saturated rings. The van der Waals surface area contributed by atoms with Crippen molar-refractivity contribution < 1.29 is 4.79 Å². The summed E-state index contributed by atoms with van der Waals surface area (Å²) in [6, 6.07) is -0.203. The van der Waals surface area contributed by atoms with E-state index in [1.54, 1.807) is 6.33 Å². The number of carbonyl (C=O) groups excluding carboxylic acids is 1. The van der Waals surface area contributed by atoms with Crippen LogP contribution in [0, 0.1) is 0 Å². The Bertz CT molecular complexity index is 743. The zero-order chi connectivity index (χ0) is 15.8. The van der Waals surface area contributed by atoms with Crippen molar-refractivity contribution in [1.29, 1.82) is 0 Å². The lowest BCUT2D eigenvalue weighted by molar-refractivity contribution is 0.247. The lowest BCUT2D eigenvalue weighted by atomic mass is 10.0. The summed E-state index contributed by atoms with van der Waals surface area (Å²) in [6.45, 7) is 1.55. The monoisotopic (exact) mass is 331 g/mol. The normalized spacial score (nSPS) is 20.7. The molecule has 2 aromatic rings. The molecule has 2 amide bonds. The number of nitrogens with zero attached hydrogens (tertiary/aromatic N) is 3. The SMILES string of the molecule is NC(=O)NCC1CCCCN1c1ncnc2sc3c(c12)CCC3. The van der Waals surface area contributed by atoms with Gasteiger partial charge in [-0.2, -0.15) is 0 Å². The molecular formula is C16H21N5OS. The molecule has 0 aromatic carbocycles. The van der Waals surface area contributed by atoms with Gasteiger partial charge < -0.3 is 16.0 Å². The number of fused-ring (bicyclic) bond motifs is 3. The van der Waals surface area contributed by atoms with Crippen LogP contribution in [0.1, 0.15) is 36.1 Å². The highest BCUT2D eigenvalue weighted by molar-refractivity contribution is 7.19. The maximum atomic E-state index is 11.1. The summed E-state index contributed by atoms with van der Waals surface area (Å²) in [5, 5.41) is 4.01. The van der Waals surface area contributed by atoms with Gasteiger partial charge in [-0.25, -0.2) is 14.8 Å². The van der Waals surface area contributed by atoms with Crippen LogP contribution in [0.2, 0.25) is 0 Å². The molecular weight excluding hydrogens is 310 g/mol. The van der Waals surface area contributed by atoms with E-state index in [2.05, 4.69) is 20.2 Å². The summed E-state index contributed by atoms with van der Waals surface area (Å²) in [5.74, 6) is 1.05. The summed E-state index contributed by atoms with van der Waals surface area (Å²) in [6.07, 6.45) is 8.60. The Balaban J connectivity index is 1.73. The molecule has 3 N–H and O–H groups in total. The molecule has 2 aliphatic rings. The number of piperidine rings is 1. The minimum atomic E-state index is -0.459. The zero-order valence-electron chi connectivity index (χ0n) is 13.0. The van der Waals surface area contributed by atoms with E-state index in [-0.39, 0.29) is 6.04 Å². The maximum Gasteiger partial charge on any atom is 0.312 e. The van der Waals surface area contributed by atoms with E-state index in [4.69, 9.17) is 5.73 Å². The molecule has 1 unspecified atom stereocenters. The average Bonchev–Trinajstić information content (AvgIpc) is 3.13. The van der Waals surface area contributed by atoms with Gasteiger partial charge in [0.15, 0.2) is 0 Å². The van der Waals surface area contributed by atoms with Crippen molar-refractivity contribution in [1.82, 2.24) is 15.3 Å². The van der Waals surface area contributed by atoms with Gasteiger partial charge in [0.1, 0.15) is 17.0 Å². The van der Waals surface area contributed by atoms with Crippen molar-refractivity contribution >= 4 is 33.4 Å². The molecule has 1 atom stereocenters. The first-order valence-electron chi connectivity index (χ1n) is 8.29. The smallest absolute Gasteiger partial charge is 0.312 e. The van der Waals surface area contributed by atoms with E-state index < -0.39 is 6.03 Å². The molecule has 1 aliphatic heterocycles. The number of hydrogen-bond donors (Lipinski definition) is 2. The van der Waals surface area contributed by atoms with Gasteiger partial charge in [0.25, 0.3) is 0 Å². The third-order valence-corrected chi connectivity index (χ3v) is 6.09. The number of aryl methyl sites for hydroxylation is 2. The topological polar surface area (TPSA) is 84.1 Å². The van der Waals surface area contributed by atoms with E-state index in [0.717, 1.165) is 36.5 Å². The summed E-state index contributed by atoms with van der Waals surface area (Å²) >= 11 is 1.82. The van der Waals surface area contributed by atoms with Crippen LogP contribution in [0.25, 0.3) is 10.2 Å². The minimum Gasteiger partial charge on any atom is -0.352 e. The molecule has 1 saturated heterocycles. The summed E-state index contributed by atoms with van der Waals surface area (Å²) in [5.41, 5.74) is 6.70. The van der Waals surface area contributed by atoms with Gasteiger partial charge >= 0.3 is 6.03 Å². The van der Waals surface area contributed by atoms with Crippen LogP contribution in [-0.2, 0) is 12.8 Å². The first-order chi connectivity index (χ1) is 11.2. The van der Waals surface area contributed by atoms with E-state index in [0.29, 0.717) is 6.54 Å². The summed E-state index contributed by atoms with van der Waals surface area (Å²) in [4.78, 5) is 25.1. The minimum absolute atomic E-state index is 0.256. The van der Waals surface area contributed by atoms with Crippen molar-refractivity contribution in [3.8, 4) is 0 Å². The number of rotatable bonds is 3. The van der Waals surface area contributed by atoms with Crippen LogP contribution >= 0.6 is 11.3 Å². The second-order valence-electron chi connectivity index (χ2n) is 6.32. The Morgan fingerprint density at radius 3 is 3.13 bits per heavy atom. The summed E-state index contributed by atoms with van der Waals surface area (Å²) < 4.78 is 0. The molecule has 23 heavy (non-hydrogen) atoms. The number of amides is 2. The lowest BCUT2D eigenvalue weighted by Crippen LogP contribution is -2.48. The number of hydrogen-bond acceptors (Lipinski definition) is 5. The van der Waals surface area contributed by atoms with Crippen LogP contribution < -0.4 is 16.0 Å². The van der Waals surface area contributed by atoms with Gasteiger partial charge in [-0.1, -0.05) is 0 Å². The predicted molar refractivity (Wildman–Crippen MR) is 92.0 cm³/mol. The molecule has 1 aliphatic carbocycles. The van der Waals surface area contributed by atoms with Crippen molar-refractivity contribution in [2.45, 2.75) is 44.6 Å². The van der Waals surface area contributed by atoms with Gasteiger partial charge in [-0.3, -0.25) is 0 Å². The Morgan fingerprint density at radius 2 is 2.26 bits per heavy atom. The number of carbonyl (C=O) groups is 1. The third-order valence-electron chi connectivity index (χ3n) is 4.89. The van der Waals surface area contributed by atoms with Crippen LogP contribution in [0.4, 0.5) is 10.6 Å². The zero-order valence-corrected chi connectivity index (χ0v) is 13.9. The molecule has 3 heterocycles. The lowest BCUT2D eigenvalue weighted by Gasteiger charge is -2.37. The summed E-state index contributed by atoms with van der Waals surface area (Å²) in [7, 11) is 0. The first-order valence-corrected chi connectivity index (χ1v) is 9.11. The Kier molecular flexibility index (Phi) is 3.80. The van der Waals surface area contributed by atoms with Gasteiger partial charge in [0, 0.05) is 24.0 Å². The van der Waals surface area contributed by atoms with Crippen LogP contribution in [0.5, 0.6) is 0 Å². The van der Waals surface area contributed by atoms with Gasteiger partial charge in [0.2, 0.25) is 0 Å². The Hall–Kier alpha value is -1.89. The third kappa shape index (κ3) is 2.63. The number of thiophene rings is 1. The predicted octanol–water partition coefficient (Wildman–Crippen LogP) is 2.21. The highest BCUT2D eigenvalue weighted by atomic mass is 32.1. The maximum absolute atomic E-state index is 11.1. The molecule has 122 valence electrons. The second kappa shape index (κ2) is 5.96. The van der Waals surface area contributed by atoms with E-state index in [1.807, 2.05) is 11.3 Å². The largest absolute Gasteiger partial charge is 0.352 e. The fraction of sp³-hybridized carbons (Fsp3) is 0.562. The molecule has 2 aromatic heterocycles. The molecule has 4 rings (SSSR count). The Labute approximate surface area is 139 Å². The standard InChI is InChI=1S/C16H21N5OS/c17-16(22)18-8-10-4-1-2-7-21(10)14-13-11-5-3-6-12(11)23-15(13)20-9-19-14/h9-10H,1-8H2,(H3,17,18,22). The number of nitrogens with two attached hydrogens (primary N) is 1. The molecule has 7 heteroatoms. The van der Waals surface area contributed by atoms with Crippen molar-refractivity contribution in [2.24, 2.45) is 5.73 Å². The van der Waals surface area contributed by atoms with Crippen LogP contribution in [0.3, 0.4) is 0 Å². The molecule has 0 bridgehead atoms. The fourth-order valence-corrected chi connectivity index (χ4v) is 5.06. The second-order valence-corrected chi connectivity index (χ2v) is 7.41. The Morgan fingerprint density at radius 1 is 1.35 bits per heavy atom. The van der Waals surface area contributed by atoms with Crippen LogP contribution in [0.15, 0.2) is 6.33 Å². The highest BCUT2D eigenvalue weighted by Crippen LogP contribution is 2.41. The number of anilines is 1. The van der Waals surface area contributed by atoms with Crippen molar-refractivity contribution in [3.05, 3.63) is 16.8 Å². The molecule has 0 spiro atoms. The molecule has 6 nitrogen and oxygen atoms in total. The van der Waals surface area contributed by atoms with Gasteiger partial charge in [-0.05, 0) is 44.1 Å². The van der Waals surface area contributed by atoms with Gasteiger partial charge in [0.05, 0.1) is 5.39 Å². The number of aromatic nitrogens is 2. The quantitative estimate of drug-likeness (QED) is 0.903. The van der Waals surface area contributed by atoms with Gasteiger partial charge in [-0.15, -0.1) is 11.3 Å². The van der Waals surface area contributed by atoms with E-state index in [9.17, 15) is 4.79 Å². The number of primary amides is 1. The first kappa shape index (κ1) is 14.7.